The predicted molar refractivity (Wildman–Crippen MR) is 77.5 cm³/mol. The van der Waals surface area contributed by atoms with Crippen molar-refractivity contribution in [1.29, 1.82) is 0 Å². The van der Waals surface area contributed by atoms with Gasteiger partial charge in [0.1, 0.15) is 12.4 Å². The van der Waals surface area contributed by atoms with Crippen molar-refractivity contribution >= 4 is 0 Å². The lowest BCUT2D eigenvalue weighted by Gasteiger charge is -2.23. The standard InChI is InChI=1S/C16H25NO2/c1-13-6-3-4-9-16(13)19-11-10-17(2)12-14-7-5-8-15(14)18/h3-4,6,9,14-15,18H,5,7-8,10-12H2,1-2H3. The van der Waals surface area contributed by atoms with Crippen LogP contribution in [-0.4, -0.2) is 42.9 Å². The van der Waals surface area contributed by atoms with E-state index in [1.807, 2.05) is 18.2 Å². The van der Waals surface area contributed by atoms with Crippen molar-refractivity contribution in [1.82, 2.24) is 4.90 Å². The van der Waals surface area contributed by atoms with Crippen molar-refractivity contribution in [2.45, 2.75) is 32.3 Å². The minimum absolute atomic E-state index is 0.0975. The molecule has 106 valence electrons. The monoisotopic (exact) mass is 263 g/mol. The lowest BCUT2D eigenvalue weighted by molar-refractivity contribution is 0.105. The molecule has 0 spiro atoms. The van der Waals surface area contributed by atoms with E-state index in [0.717, 1.165) is 31.7 Å². The molecule has 2 atom stereocenters. The summed E-state index contributed by atoms with van der Waals surface area (Å²) in [6, 6.07) is 8.10. The van der Waals surface area contributed by atoms with Crippen LogP contribution in [-0.2, 0) is 0 Å². The summed E-state index contributed by atoms with van der Waals surface area (Å²) in [6.45, 7) is 4.63. The summed E-state index contributed by atoms with van der Waals surface area (Å²) in [5.74, 6) is 1.42. The zero-order valence-electron chi connectivity index (χ0n) is 12.0. The van der Waals surface area contributed by atoms with Gasteiger partial charge in [0.25, 0.3) is 0 Å². The van der Waals surface area contributed by atoms with E-state index in [1.165, 1.54) is 12.0 Å². The highest BCUT2D eigenvalue weighted by Gasteiger charge is 2.25. The Hall–Kier alpha value is -1.06. The largest absolute Gasteiger partial charge is 0.492 e. The average molecular weight is 263 g/mol. The molecule has 1 aromatic rings. The molecule has 0 aliphatic heterocycles. The maximum atomic E-state index is 9.82. The van der Waals surface area contributed by atoms with Gasteiger partial charge in [-0.25, -0.2) is 0 Å². The molecule has 1 fully saturated rings. The number of ether oxygens (including phenoxy) is 1. The number of rotatable bonds is 6. The molecule has 0 saturated heterocycles. The summed E-state index contributed by atoms with van der Waals surface area (Å²) in [5, 5.41) is 9.82. The Bertz CT molecular complexity index is 394. The summed E-state index contributed by atoms with van der Waals surface area (Å²) in [4.78, 5) is 2.26. The van der Waals surface area contributed by atoms with Crippen LogP contribution in [0.15, 0.2) is 24.3 Å². The van der Waals surface area contributed by atoms with Crippen LogP contribution < -0.4 is 4.74 Å². The minimum atomic E-state index is -0.0975. The van der Waals surface area contributed by atoms with Gasteiger partial charge < -0.3 is 14.7 Å². The summed E-state index contributed by atoms with van der Waals surface area (Å²) < 4.78 is 5.79. The van der Waals surface area contributed by atoms with Gasteiger partial charge >= 0.3 is 0 Å². The number of aryl methyl sites for hydroxylation is 1. The lowest BCUT2D eigenvalue weighted by atomic mass is 10.1. The second-order valence-corrected chi connectivity index (χ2v) is 5.63. The third-order valence-electron chi connectivity index (χ3n) is 3.99. The van der Waals surface area contributed by atoms with Crippen molar-refractivity contribution in [2.24, 2.45) is 5.92 Å². The van der Waals surface area contributed by atoms with Crippen molar-refractivity contribution in [3.8, 4) is 5.75 Å². The number of nitrogens with zero attached hydrogens (tertiary/aromatic N) is 1. The van der Waals surface area contributed by atoms with Gasteiger partial charge in [0.15, 0.2) is 0 Å². The Morgan fingerprint density at radius 1 is 1.32 bits per heavy atom. The first-order valence-electron chi connectivity index (χ1n) is 7.22. The van der Waals surface area contributed by atoms with E-state index in [2.05, 4.69) is 24.9 Å². The molecule has 0 radical (unpaired) electrons. The van der Waals surface area contributed by atoms with Crippen molar-refractivity contribution in [2.75, 3.05) is 26.7 Å². The summed E-state index contributed by atoms with van der Waals surface area (Å²) in [5.41, 5.74) is 1.18. The van der Waals surface area contributed by atoms with Crippen molar-refractivity contribution < 1.29 is 9.84 Å². The molecule has 1 aromatic carbocycles. The second kappa shape index (κ2) is 6.92. The molecule has 3 nitrogen and oxygen atoms in total. The van der Waals surface area contributed by atoms with E-state index >= 15 is 0 Å². The van der Waals surface area contributed by atoms with E-state index in [4.69, 9.17) is 4.74 Å². The van der Waals surface area contributed by atoms with Gasteiger partial charge in [-0.2, -0.15) is 0 Å². The molecule has 2 unspecified atom stereocenters. The van der Waals surface area contributed by atoms with Crippen LogP contribution >= 0.6 is 0 Å². The number of hydrogen-bond donors (Lipinski definition) is 1. The van der Waals surface area contributed by atoms with Crippen LogP contribution in [0.25, 0.3) is 0 Å². The van der Waals surface area contributed by atoms with Gasteiger partial charge in [-0.1, -0.05) is 24.6 Å². The van der Waals surface area contributed by atoms with Crippen LogP contribution in [0.2, 0.25) is 0 Å². The van der Waals surface area contributed by atoms with E-state index in [9.17, 15) is 5.11 Å². The molecule has 3 heteroatoms. The first-order chi connectivity index (χ1) is 9.16. The van der Waals surface area contributed by atoms with Crippen LogP contribution in [0.3, 0.4) is 0 Å². The molecule has 1 aliphatic carbocycles. The molecule has 2 rings (SSSR count). The van der Waals surface area contributed by atoms with Gasteiger partial charge in [0.2, 0.25) is 0 Å². The Morgan fingerprint density at radius 3 is 2.79 bits per heavy atom. The fourth-order valence-electron chi connectivity index (χ4n) is 2.75. The first-order valence-corrected chi connectivity index (χ1v) is 7.22. The Labute approximate surface area is 116 Å². The van der Waals surface area contributed by atoms with E-state index in [1.54, 1.807) is 0 Å². The maximum Gasteiger partial charge on any atom is 0.122 e. The molecule has 1 saturated carbocycles. The van der Waals surface area contributed by atoms with E-state index in [-0.39, 0.29) is 6.10 Å². The van der Waals surface area contributed by atoms with Crippen molar-refractivity contribution in [3.05, 3.63) is 29.8 Å². The van der Waals surface area contributed by atoms with Crippen LogP contribution in [0.1, 0.15) is 24.8 Å². The van der Waals surface area contributed by atoms with Gasteiger partial charge in [-0.05, 0) is 44.4 Å². The predicted octanol–water partition coefficient (Wildman–Crippen LogP) is 2.47. The van der Waals surface area contributed by atoms with Crippen LogP contribution in [0, 0.1) is 12.8 Å². The highest BCUT2D eigenvalue weighted by Crippen LogP contribution is 2.25. The molecular formula is C16H25NO2. The zero-order valence-corrected chi connectivity index (χ0v) is 12.0. The summed E-state index contributed by atoms with van der Waals surface area (Å²) in [7, 11) is 2.10. The number of likely N-dealkylation sites (N-methyl/N-ethyl adjacent to an activating group) is 1. The highest BCUT2D eigenvalue weighted by atomic mass is 16.5. The second-order valence-electron chi connectivity index (χ2n) is 5.63. The van der Waals surface area contributed by atoms with Gasteiger partial charge in [-0.15, -0.1) is 0 Å². The molecule has 1 aliphatic rings. The highest BCUT2D eigenvalue weighted by molar-refractivity contribution is 5.31. The molecule has 0 aromatic heterocycles. The molecular weight excluding hydrogens is 238 g/mol. The van der Waals surface area contributed by atoms with Crippen molar-refractivity contribution in [3.63, 3.8) is 0 Å². The topological polar surface area (TPSA) is 32.7 Å². The number of aliphatic hydroxyl groups is 1. The molecule has 0 heterocycles. The zero-order chi connectivity index (χ0) is 13.7. The Kier molecular flexibility index (Phi) is 5.23. The molecule has 1 N–H and O–H groups in total. The SMILES string of the molecule is Cc1ccccc1OCCN(C)CC1CCCC1O. The Balaban J connectivity index is 1.69. The smallest absolute Gasteiger partial charge is 0.122 e. The fourth-order valence-corrected chi connectivity index (χ4v) is 2.75. The third-order valence-corrected chi connectivity index (χ3v) is 3.99. The maximum absolute atomic E-state index is 9.82. The molecule has 0 amide bonds. The number of aliphatic hydroxyl groups excluding tert-OH is 1. The van der Waals surface area contributed by atoms with Crippen LogP contribution in [0.5, 0.6) is 5.75 Å². The molecule has 19 heavy (non-hydrogen) atoms. The third kappa shape index (κ3) is 4.22. The summed E-state index contributed by atoms with van der Waals surface area (Å²) >= 11 is 0. The Morgan fingerprint density at radius 2 is 2.11 bits per heavy atom. The van der Waals surface area contributed by atoms with Gasteiger partial charge in [0, 0.05) is 13.1 Å². The molecule has 0 bridgehead atoms. The minimum Gasteiger partial charge on any atom is -0.492 e. The first kappa shape index (κ1) is 14.4. The lowest BCUT2D eigenvalue weighted by Crippen LogP contribution is -2.32. The average Bonchev–Trinajstić information content (AvgIpc) is 2.77. The van der Waals surface area contributed by atoms with E-state index in [0.29, 0.717) is 12.5 Å². The summed E-state index contributed by atoms with van der Waals surface area (Å²) in [6.07, 6.45) is 3.20. The van der Waals surface area contributed by atoms with Gasteiger partial charge in [0.05, 0.1) is 6.10 Å². The van der Waals surface area contributed by atoms with Crippen LogP contribution in [0.4, 0.5) is 0 Å². The number of hydrogen-bond acceptors (Lipinski definition) is 3. The number of para-hydroxylation sites is 1. The van der Waals surface area contributed by atoms with Gasteiger partial charge in [-0.3, -0.25) is 0 Å². The normalized spacial score (nSPS) is 22.9. The number of benzene rings is 1. The fraction of sp³-hybridized carbons (Fsp3) is 0.625. The van der Waals surface area contributed by atoms with E-state index < -0.39 is 0 Å². The quantitative estimate of drug-likeness (QED) is 0.856.